The minimum Gasteiger partial charge on any atom is -0.467 e. The van der Waals surface area contributed by atoms with Crippen LogP contribution in [-0.2, 0) is 39.7 Å². The van der Waals surface area contributed by atoms with Gasteiger partial charge in [-0.3, -0.25) is 14.4 Å². The lowest BCUT2D eigenvalue weighted by Gasteiger charge is -2.41. The quantitative estimate of drug-likeness (QED) is 0.338. The van der Waals surface area contributed by atoms with Crippen LogP contribution in [0.15, 0.2) is 30.3 Å². The van der Waals surface area contributed by atoms with Crippen LogP contribution in [0, 0.1) is 5.92 Å². The summed E-state index contributed by atoms with van der Waals surface area (Å²) in [5.41, 5.74) is 0.701. The van der Waals surface area contributed by atoms with Gasteiger partial charge in [0.15, 0.2) is 8.32 Å². The van der Waals surface area contributed by atoms with Gasteiger partial charge in [0.25, 0.3) is 0 Å². The van der Waals surface area contributed by atoms with Crippen molar-refractivity contribution >= 4 is 38.0 Å². The fraction of sp³-hybridized carbons (Fsp3) is 0.633. The van der Waals surface area contributed by atoms with Gasteiger partial charge in [-0.1, -0.05) is 51.1 Å². The van der Waals surface area contributed by atoms with E-state index in [9.17, 15) is 24.0 Å². The minimum absolute atomic E-state index is 0.0847. The van der Waals surface area contributed by atoms with Crippen molar-refractivity contribution in [1.29, 1.82) is 0 Å². The van der Waals surface area contributed by atoms with E-state index in [1.54, 1.807) is 29.2 Å². The van der Waals surface area contributed by atoms with Gasteiger partial charge in [0.05, 0.1) is 19.1 Å². The average Bonchev–Trinajstić information content (AvgIpc) is 3.47. The Balaban J connectivity index is 1.95. The zero-order chi connectivity index (χ0) is 30.4. The molecule has 3 atom stereocenters. The predicted octanol–water partition coefficient (Wildman–Crippen LogP) is 4.47. The number of imide groups is 1. The highest BCUT2D eigenvalue weighted by Gasteiger charge is 2.47. The summed E-state index contributed by atoms with van der Waals surface area (Å²) >= 11 is 0. The second kappa shape index (κ2) is 13.7. The molecule has 3 rings (SSSR count). The molecule has 10 nitrogen and oxygen atoms in total. The molecule has 2 aliphatic heterocycles. The molecule has 2 heterocycles. The van der Waals surface area contributed by atoms with Crippen LogP contribution >= 0.6 is 0 Å². The average molecular weight is 589 g/mol. The number of ketones is 1. The van der Waals surface area contributed by atoms with Gasteiger partial charge in [0.1, 0.15) is 18.4 Å². The lowest BCUT2D eigenvalue weighted by molar-refractivity contribution is -0.153. The molecule has 0 unspecified atom stereocenters. The minimum atomic E-state index is -2.44. The Kier molecular flexibility index (Phi) is 10.9. The molecule has 1 aromatic carbocycles. The molecule has 0 spiro atoms. The van der Waals surface area contributed by atoms with E-state index in [1.165, 1.54) is 0 Å². The molecule has 0 radical (unpaired) electrons. The Morgan fingerprint density at radius 2 is 1.66 bits per heavy atom. The number of ether oxygens (including phenoxy) is 2. The largest absolute Gasteiger partial charge is 0.467 e. The summed E-state index contributed by atoms with van der Waals surface area (Å²) in [6.07, 6.45) is -0.568. The SMILES string of the molecule is COC(=O)[C@@H]1CC(=O)[C@H](CC(=O)N2CCCC2)[C@H](O[Si](C)(C)C(C)(C)C)CCC(=O)N1C(=O)OCc1ccccc1. The topological polar surface area (TPSA) is 120 Å². The Morgan fingerprint density at radius 1 is 1.02 bits per heavy atom. The van der Waals surface area contributed by atoms with Crippen LogP contribution in [0.25, 0.3) is 0 Å². The first-order chi connectivity index (χ1) is 19.2. The van der Waals surface area contributed by atoms with Crippen molar-refractivity contribution in [2.24, 2.45) is 5.92 Å². The van der Waals surface area contributed by atoms with Crippen LogP contribution in [0.1, 0.15) is 64.9 Å². The van der Waals surface area contributed by atoms with Crippen molar-refractivity contribution in [1.82, 2.24) is 9.80 Å². The molecule has 0 saturated carbocycles. The second-order valence-electron chi connectivity index (χ2n) is 12.4. The number of hydrogen-bond donors (Lipinski definition) is 0. The van der Waals surface area contributed by atoms with Crippen molar-refractivity contribution in [3.63, 3.8) is 0 Å². The van der Waals surface area contributed by atoms with Crippen LogP contribution in [0.2, 0.25) is 18.1 Å². The number of hydrogen-bond acceptors (Lipinski definition) is 8. The second-order valence-corrected chi connectivity index (χ2v) is 17.1. The summed E-state index contributed by atoms with van der Waals surface area (Å²) < 4.78 is 17.0. The number of likely N-dealkylation sites (tertiary alicyclic amines) is 1. The van der Waals surface area contributed by atoms with E-state index in [2.05, 4.69) is 33.9 Å². The fourth-order valence-electron chi connectivity index (χ4n) is 4.97. The highest BCUT2D eigenvalue weighted by atomic mass is 28.4. The Hall–Kier alpha value is -3.05. The Bertz CT molecular complexity index is 1110. The van der Waals surface area contributed by atoms with E-state index >= 15 is 0 Å². The molecule has 2 aliphatic rings. The molecule has 2 fully saturated rings. The fourth-order valence-corrected chi connectivity index (χ4v) is 6.36. The highest BCUT2D eigenvalue weighted by Crippen LogP contribution is 2.40. The maximum absolute atomic E-state index is 14.0. The van der Waals surface area contributed by atoms with E-state index in [4.69, 9.17) is 13.9 Å². The number of rotatable bonds is 7. The first-order valence-corrected chi connectivity index (χ1v) is 17.2. The van der Waals surface area contributed by atoms with Gasteiger partial charge in [-0.25, -0.2) is 14.5 Å². The molecule has 11 heteroatoms. The summed E-state index contributed by atoms with van der Waals surface area (Å²) in [7, 11) is -1.31. The Morgan fingerprint density at radius 3 is 2.24 bits per heavy atom. The molecular formula is C30H44N2O8Si. The van der Waals surface area contributed by atoms with E-state index in [1.807, 2.05) is 6.07 Å². The van der Waals surface area contributed by atoms with Crippen LogP contribution < -0.4 is 0 Å². The predicted molar refractivity (Wildman–Crippen MR) is 154 cm³/mol. The number of benzene rings is 1. The first kappa shape index (κ1) is 32.5. The van der Waals surface area contributed by atoms with Crippen molar-refractivity contribution in [2.75, 3.05) is 20.2 Å². The van der Waals surface area contributed by atoms with Gasteiger partial charge in [-0.05, 0) is 43.0 Å². The van der Waals surface area contributed by atoms with Gasteiger partial charge >= 0.3 is 12.1 Å². The maximum Gasteiger partial charge on any atom is 0.417 e. The molecular weight excluding hydrogens is 544 g/mol. The molecule has 0 aliphatic carbocycles. The number of methoxy groups -OCH3 is 1. The normalized spacial score (nSPS) is 22.5. The summed E-state index contributed by atoms with van der Waals surface area (Å²) in [6.45, 7) is 11.5. The van der Waals surface area contributed by atoms with Crippen molar-refractivity contribution in [2.45, 2.75) is 96.2 Å². The molecule has 1 aromatic rings. The van der Waals surface area contributed by atoms with Gasteiger partial charge < -0.3 is 18.8 Å². The first-order valence-electron chi connectivity index (χ1n) is 14.3. The molecule has 41 heavy (non-hydrogen) atoms. The van der Waals surface area contributed by atoms with Gasteiger partial charge in [-0.15, -0.1) is 0 Å². The lowest BCUT2D eigenvalue weighted by atomic mass is 9.88. The standard InChI is InChI=1S/C30H44N2O8Si/c1-30(2,3)41(5,6)40-25-14-15-26(34)32(29(37)39-20-21-12-8-7-9-13-21)23(28(36)38-4)19-24(33)22(25)18-27(35)31-16-10-11-17-31/h7-9,12-13,22-23,25H,10-11,14-20H2,1-6H3/t22-,23-,25+/m0/s1. The van der Waals surface area contributed by atoms with E-state index in [-0.39, 0.29) is 36.8 Å². The molecule has 0 aromatic heterocycles. The molecule has 226 valence electrons. The van der Waals surface area contributed by atoms with Gasteiger partial charge in [0.2, 0.25) is 11.8 Å². The van der Waals surface area contributed by atoms with Crippen LogP contribution in [-0.4, -0.2) is 80.1 Å². The molecule has 2 saturated heterocycles. The molecule has 0 N–H and O–H groups in total. The van der Waals surface area contributed by atoms with E-state index in [0.29, 0.717) is 23.6 Å². The third kappa shape index (κ3) is 8.25. The number of amides is 3. The van der Waals surface area contributed by atoms with E-state index < -0.39 is 56.6 Å². The third-order valence-corrected chi connectivity index (χ3v) is 13.0. The number of esters is 1. The van der Waals surface area contributed by atoms with Crippen LogP contribution in [0.4, 0.5) is 4.79 Å². The maximum atomic E-state index is 14.0. The van der Waals surface area contributed by atoms with Gasteiger partial charge in [-0.2, -0.15) is 0 Å². The summed E-state index contributed by atoms with van der Waals surface area (Å²) in [5.74, 6) is -3.02. The highest BCUT2D eigenvalue weighted by molar-refractivity contribution is 6.74. The van der Waals surface area contributed by atoms with Crippen molar-refractivity contribution < 1.29 is 37.9 Å². The van der Waals surface area contributed by atoms with Crippen LogP contribution in [0.3, 0.4) is 0 Å². The zero-order valence-electron chi connectivity index (χ0n) is 25.1. The third-order valence-electron chi connectivity index (χ3n) is 8.46. The summed E-state index contributed by atoms with van der Waals surface area (Å²) in [6, 6.07) is 7.41. The lowest BCUT2D eigenvalue weighted by Crippen LogP contribution is -2.50. The summed E-state index contributed by atoms with van der Waals surface area (Å²) in [5, 5.41) is -0.191. The zero-order valence-corrected chi connectivity index (χ0v) is 26.1. The number of carbonyl (C=O) groups is 5. The number of nitrogens with zero attached hydrogens (tertiary/aromatic N) is 2. The molecule has 3 amide bonds. The van der Waals surface area contributed by atoms with Gasteiger partial charge in [0, 0.05) is 32.4 Å². The monoisotopic (exact) mass is 588 g/mol. The number of Topliss-reactive ketones (excluding diaryl/α,β-unsaturated/α-hetero) is 1. The van der Waals surface area contributed by atoms with Crippen molar-refractivity contribution in [3.05, 3.63) is 35.9 Å². The summed E-state index contributed by atoms with van der Waals surface area (Å²) in [4.78, 5) is 69.4. The molecule has 0 bridgehead atoms. The van der Waals surface area contributed by atoms with Crippen LogP contribution in [0.5, 0.6) is 0 Å². The smallest absolute Gasteiger partial charge is 0.417 e. The van der Waals surface area contributed by atoms with E-state index in [0.717, 1.165) is 20.0 Å². The Labute approximate surface area is 243 Å². The van der Waals surface area contributed by atoms with Crippen molar-refractivity contribution in [3.8, 4) is 0 Å². The number of carbonyl (C=O) groups excluding carboxylic acids is 5.